The molecule has 0 saturated heterocycles. The number of aliphatic hydroxyl groups is 1. The van der Waals surface area contributed by atoms with Crippen molar-refractivity contribution in [1.82, 2.24) is 9.38 Å². The molecule has 0 spiro atoms. The van der Waals surface area contributed by atoms with Gasteiger partial charge in [0.2, 0.25) is 0 Å². The van der Waals surface area contributed by atoms with E-state index in [1.54, 1.807) is 19.9 Å². The first-order valence-electron chi connectivity index (χ1n) is 7.43. The summed E-state index contributed by atoms with van der Waals surface area (Å²) in [6, 6.07) is 10.3. The molecule has 3 aromatic rings. The standard InChI is InChI=1S/C18H19FN2O2/c1-12-5-4-6-17-20-14(10-21(12)17)11-23-16-8-7-13(9-15(16)19)18(2,3)22/h4-10,22H,11H2,1-3H3. The van der Waals surface area contributed by atoms with Crippen LogP contribution in [0.25, 0.3) is 5.65 Å². The Morgan fingerprint density at radius 1 is 1.26 bits per heavy atom. The molecular weight excluding hydrogens is 295 g/mol. The third kappa shape index (κ3) is 3.19. The molecule has 23 heavy (non-hydrogen) atoms. The molecule has 5 heteroatoms. The Kier molecular flexibility index (Phi) is 3.82. The molecule has 0 bridgehead atoms. The molecular formula is C18H19FN2O2. The molecule has 1 aromatic carbocycles. The van der Waals surface area contributed by atoms with E-state index >= 15 is 0 Å². The predicted molar refractivity (Wildman–Crippen MR) is 85.9 cm³/mol. The molecule has 1 N–H and O–H groups in total. The van der Waals surface area contributed by atoms with Crippen molar-refractivity contribution in [1.29, 1.82) is 0 Å². The van der Waals surface area contributed by atoms with Gasteiger partial charge in [-0.05, 0) is 50.6 Å². The Hall–Kier alpha value is -2.40. The van der Waals surface area contributed by atoms with E-state index in [-0.39, 0.29) is 12.4 Å². The van der Waals surface area contributed by atoms with Crippen molar-refractivity contribution in [2.24, 2.45) is 0 Å². The topological polar surface area (TPSA) is 46.8 Å². The second-order valence-electron chi connectivity index (χ2n) is 6.12. The number of pyridine rings is 1. The van der Waals surface area contributed by atoms with Crippen LogP contribution in [-0.4, -0.2) is 14.5 Å². The molecule has 0 amide bonds. The monoisotopic (exact) mass is 314 g/mol. The minimum absolute atomic E-state index is 0.145. The first kappa shape index (κ1) is 15.5. The van der Waals surface area contributed by atoms with Crippen molar-refractivity contribution in [3.63, 3.8) is 0 Å². The smallest absolute Gasteiger partial charge is 0.165 e. The van der Waals surface area contributed by atoms with Crippen LogP contribution in [0.5, 0.6) is 5.75 Å². The number of hydrogen-bond donors (Lipinski definition) is 1. The Morgan fingerprint density at radius 2 is 2.04 bits per heavy atom. The van der Waals surface area contributed by atoms with Gasteiger partial charge in [-0.1, -0.05) is 12.1 Å². The molecule has 0 atom stereocenters. The van der Waals surface area contributed by atoms with Gasteiger partial charge in [0, 0.05) is 11.9 Å². The van der Waals surface area contributed by atoms with Crippen LogP contribution in [0.3, 0.4) is 0 Å². The van der Waals surface area contributed by atoms with Crippen LogP contribution in [0.15, 0.2) is 42.6 Å². The van der Waals surface area contributed by atoms with Gasteiger partial charge >= 0.3 is 0 Å². The van der Waals surface area contributed by atoms with Gasteiger partial charge in [0.05, 0.1) is 11.3 Å². The molecule has 3 rings (SSSR count). The lowest BCUT2D eigenvalue weighted by molar-refractivity contribution is 0.0781. The molecule has 0 fully saturated rings. The summed E-state index contributed by atoms with van der Waals surface area (Å²) < 4.78 is 21.6. The lowest BCUT2D eigenvalue weighted by Gasteiger charge is -2.18. The number of aryl methyl sites for hydroxylation is 1. The number of hydrogen-bond acceptors (Lipinski definition) is 3. The number of ether oxygens (including phenoxy) is 1. The summed E-state index contributed by atoms with van der Waals surface area (Å²) in [5, 5.41) is 9.90. The number of imidazole rings is 1. The Bertz CT molecular complexity index is 850. The van der Waals surface area contributed by atoms with Crippen LogP contribution in [0.1, 0.15) is 30.8 Å². The molecule has 0 aliphatic rings. The number of benzene rings is 1. The van der Waals surface area contributed by atoms with Crippen molar-refractivity contribution < 1.29 is 14.2 Å². The molecule has 2 aromatic heterocycles. The molecule has 0 radical (unpaired) electrons. The molecule has 2 heterocycles. The molecule has 0 aliphatic carbocycles. The largest absolute Gasteiger partial charge is 0.484 e. The number of fused-ring (bicyclic) bond motifs is 1. The van der Waals surface area contributed by atoms with Gasteiger partial charge in [0.25, 0.3) is 0 Å². The van der Waals surface area contributed by atoms with Crippen LogP contribution in [0.4, 0.5) is 4.39 Å². The summed E-state index contributed by atoms with van der Waals surface area (Å²) in [7, 11) is 0. The van der Waals surface area contributed by atoms with Gasteiger partial charge in [-0.25, -0.2) is 9.37 Å². The highest BCUT2D eigenvalue weighted by Gasteiger charge is 2.18. The summed E-state index contributed by atoms with van der Waals surface area (Å²) >= 11 is 0. The molecule has 0 unspecified atom stereocenters. The van der Waals surface area contributed by atoms with Gasteiger partial charge < -0.3 is 14.2 Å². The van der Waals surface area contributed by atoms with Crippen LogP contribution >= 0.6 is 0 Å². The summed E-state index contributed by atoms with van der Waals surface area (Å²) in [5.41, 5.74) is 2.05. The van der Waals surface area contributed by atoms with Crippen molar-refractivity contribution in [2.75, 3.05) is 0 Å². The Morgan fingerprint density at radius 3 is 2.70 bits per heavy atom. The number of nitrogens with zero attached hydrogens (tertiary/aromatic N) is 2. The van der Waals surface area contributed by atoms with E-state index in [0.717, 1.165) is 17.0 Å². The highest BCUT2D eigenvalue weighted by atomic mass is 19.1. The summed E-state index contributed by atoms with van der Waals surface area (Å²) in [6.07, 6.45) is 1.88. The fraction of sp³-hybridized carbons (Fsp3) is 0.278. The summed E-state index contributed by atoms with van der Waals surface area (Å²) in [4.78, 5) is 4.45. The highest BCUT2D eigenvalue weighted by molar-refractivity contribution is 5.41. The van der Waals surface area contributed by atoms with Gasteiger partial charge in [-0.15, -0.1) is 0 Å². The summed E-state index contributed by atoms with van der Waals surface area (Å²) in [5.74, 6) is -0.351. The second kappa shape index (κ2) is 5.66. The average molecular weight is 314 g/mol. The maximum atomic E-state index is 14.1. The maximum Gasteiger partial charge on any atom is 0.165 e. The molecule has 0 aliphatic heterocycles. The maximum absolute atomic E-state index is 14.1. The quantitative estimate of drug-likeness (QED) is 0.800. The normalized spacial score (nSPS) is 11.9. The Labute approximate surface area is 134 Å². The summed E-state index contributed by atoms with van der Waals surface area (Å²) in [6.45, 7) is 5.40. The van der Waals surface area contributed by atoms with Crippen LogP contribution in [0.2, 0.25) is 0 Å². The third-order valence-corrected chi connectivity index (χ3v) is 3.76. The van der Waals surface area contributed by atoms with Crippen LogP contribution in [0, 0.1) is 12.7 Å². The van der Waals surface area contributed by atoms with E-state index in [1.165, 1.54) is 12.1 Å². The average Bonchev–Trinajstić information content (AvgIpc) is 2.89. The van der Waals surface area contributed by atoms with Crippen molar-refractivity contribution in [2.45, 2.75) is 33.0 Å². The van der Waals surface area contributed by atoms with Crippen LogP contribution < -0.4 is 4.74 Å². The Balaban J connectivity index is 1.78. The second-order valence-corrected chi connectivity index (χ2v) is 6.12. The van der Waals surface area contributed by atoms with Gasteiger partial charge in [-0.3, -0.25) is 0 Å². The van der Waals surface area contributed by atoms with Gasteiger partial charge in [-0.2, -0.15) is 0 Å². The third-order valence-electron chi connectivity index (χ3n) is 3.76. The first-order valence-corrected chi connectivity index (χ1v) is 7.43. The number of aromatic nitrogens is 2. The van der Waals surface area contributed by atoms with E-state index in [0.29, 0.717) is 5.56 Å². The predicted octanol–water partition coefficient (Wildman–Crippen LogP) is 3.59. The van der Waals surface area contributed by atoms with E-state index in [4.69, 9.17) is 4.74 Å². The van der Waals surface area contributed by atoms with E-state index in [9.17, 15) is 9.50 Å². The van der Waals surface area contributed by atoms with Gasteiger partial charge in [0.15, 0.2) is 11.6 Å². The zero-order valence-corrected chi connectivity index (χ0v) is 13.4. The lowest BCUT2D eigenvalue weighted by atomic mass is 9.98. The fourth-order valence-electron chi connectivity index (χ4n) is 2.42. The zero-order chi connectivity index (χ0) is 16.6. The SMILES string of the molecule is Cc1cccc2nc(COc3ccc(C(C)(C)O)cc3F)cn12. The van der Waals surface area contributed by atoms with E-state index in [1.807, 2.05) is 35.7 Å². The highest BCUT2D eigenvalue weighted by Crippen LogP contribution is 2.26. The first-order chi connectivity index (χ1) is 10.8. The number of rotatable bonds is 4. The van der Waals surface area contributed by atoms with E-state index < -0.39 is 11.4 Å². The number of halogens is 1. The minimum Gasteiger partial charge on any atom is -0.484 e. The molecule has 0 saturated carbocycles. The lowest BCUT2D eigenvalue weighted by Crippen LogP contribution is -2.15. The van der Waals surface area contributed by atoms with Crippen molar-refractivity contribution in [3.8, 4) is 5.75 Å². The van der Waals surface area contributed by atoms with Gasteiger partial charge in [0.1, 0.15) is 12.3 Å². The van der Waals surface area contributed by atoms with Crippen molar-refractivity contribution in [3.05, 3.63) is 65.4 Å². The molecule has 120 valence electrons. The van der Waals surface area contributed by atoms with Crippen LogP contribution in [-0.2, 0) is 12.2 Å². The van der Waals surface area contributed by atoms with E-state index in [2.05, 4.69) is 4.98 Å². The van der Waals surface area contributed by atoms with Crippen molar-refractivity contribution >= 4 is 5.65 Å². The zero-order valence-electron chi connectivity index (χ0n) is 13.4. The fourth-order valence-corrected chi connectivity index (χ4v) is 2.42. The minimum atomic E-state index is -1.08. The molecule has 4 nitrogen and oxygen atoms in total.